The highest BCUT2D eigenvalue weighted by atomic mass is 16.5. The van der Waals surface area contributed by atoms with Crippen molar-refractivity contribution >= 4 is 11.8 Å². The van der Waals surface area contributed by atoms with Gasteiger partial charge in [0, 0.05) is 31.3 Å². The predicted molar refractivity (Wildman–Crippen MR) is 114 cm³/mol. The molecular formula is C24H29N3O3. The van der Waals surface area contributed by atoms with E-state index in [0.717, 1.165) is 42.4 Å². The molecular weight excluding hydrogens is 378 g/mol. The van der Waals surface area contributed by atoms with Gasteiger partial charge in [0.15, 0.2) is 5.60 Å². The molecule has 0 radical (unpaired) electrons. The molecule has 2 N–H and O–H groups in total. The first-order valence-corrected chi connectivity index (χ1v) is 10.8. The Bertz CT molecular complexity index is 896. The number of primary amides is 1. The molecule has 0 bridgehead atoms. The van der Waals surface area contributed by atoms with Crippen LogP contribution in [0.3, 0.4) is 0 Å². The molecule has 0 spiro atoms. The van der Waals surface area contributed by atoms with E-state index in [1.54, 1.807) is 17.3 Å². The fraction of sp³-hybridized carbons (Fsp3) is 0.458. The highest BCUT2D eigenvalue weighted by molar-refractivity contribution is 5.86. The van der Waals surface area contributed by atoms with E-state index in [1.807, 2.05) is 36.4 Å². The fourth-order valence-electron chi connectivity index (χ4n) is 4.66. The Morgan fingerprint density at radius 1 is 1.10 bits per heavy atom. The lowest BCUT2D eigenvalue weighted by Crippen LogP contribution is -2.61. The first-order chi connectivity index (χ1) is 14.6. The maximum atomic E-state index is 13.1. The Hall–Kier alpha value is -2.73. The van der Waals surface area contributed by atoms with Crippen molar-refractivity contribution in [2.24, 2.45) is 11.7 Å². The van der Waals surface area contributed by atoms with Crippen LogP contribution in [0.1, 0.15) is 37.7 Å². The first-order valence-electron chi connectivity index (χ1n) is 10.8. The summed E-state index contributed by atoms with van der Waals surface area (Å²) in [5.41, 5.74) is 7.69. The van der Waals surface area contributed by atoms with E-state index in [1.165, 1.54) is 6.42 Å². The Morgan fingerprint density at radius 3 is 2.60 bits per heavy atom. The van der Waals surface area contributed by atoms with Gasteiger partial charge < -0.3 is 15.4 Å². The number of aromatic nitrogens is 1. The van der Waals surface area contributed by atoms with Gasteiger partial charge in [-0.3, -0.25) is 14.6 Å². The second kappa shape index (κ2) is 8.96. The van der Waals surface area contributed by atoms with Crippen molar-refractivity contribution in [2.75, 3.05) is 19.7 Å². The number of benzene rings is 1. The van der Waals surface area contributed by atoms with E-state index in [-0.39, 0.29) is 18.4 Å². The zero-order valence-corrected chi connectivity index (χ0v) is 17.3. The summed E-state index contributed by atoms with van der Waals surface area (Å²) in [5, 5.41) is 0. The normalized spacial score (nSPS) is 22.6. The molecule has 30 heavy (non-hydrogen) atoms. The van der Waals surface area contributed by atoms with E-state index in [9.17, 15) is 9.59 Å². The lowest BCUT2D eigenvalue weighted by Gasteiger charge is -2.42. The molecule has 1 aliphatic carbocycles. The van der Waals surface area contributed by atoms with Crippen LogP contribution in [-0.4, -0.2) is 47.0 Å². The number of nitrogens with zero attached hydrogens (tertiary/aromatic N) is 2. The van der Waals surface area contributed by atoms with E-state index in [0.29, 0.717) is 19.6 Å². The van der Waals surface area contributed by atoms with Gasteiger partial charge in [-0.25, -0.2) is 0 Å². The van der Waals surface area contributed by atoms with Gasteiger partial charge in [-0.1, -0.05) is 43.5 Å². The molecule has 1 aromatic carbocycles. The maximum Gasteiger partial charge on any atom is 0.251 e. The van der Waals surface area contributed by atoms with E-state index in [4.69, 9.17) is 10.5 Å². The van der Waals surface area contributed by atoms with Gasteiger partial charge in [0.2, 0.25) is 5.91 Å². The maximum absolute atomic E-state index is 13.1. The quantitative estimate of drug-likeness (QED) is 0.826. The number of ether oxygens (including phenoxy) is 1. The number of nitrogens with two attached hydrogens (primary N) is 1. The zero-order chi connectivity index (χ0) is 21.0. The third kappa shape index (κ3) is 4.38. The average molecular weight is 408 g/mol. The Morgan fingerprint density at radius 2 is 1.87 bits per heavy atom. The molecule has 2 amide bonds. The van der Waals surface area contributed by atoms with Crippen LogP contribution in [0.15, 0.2) is 48.8 Å². The number of hydrogen-bond donors (Lipinski definition) is 1. The third-order valence-corrected chi connectivity index (χ3v) is 6.33. The second-order valence-electron chi connectivity index (χ2n) is 8.41. The summed E-state index contributed by atoms with van der Waals surface area (Å²) in [7, 11) is 0. The summed E-state index contributed by atoms with van der Waals surface area (Å²) in [6.45, 7) is 1.06. The Kier molecular flexibility index (Phi) is 6.13. The Labute approximate surface area is 177 Å². The fourth-order valence-corrected chi connectivity index (χ4v) is 4.66. The molecule has 1 aliphatic heterocycles. The van der Waals surface area contributed by atoms with Crippen LogP contribution in [0.2, 0.25) is 0 Å². The second-order valence-corrected chi connectivity index (χ2v) is 8.41. The van der Waals surface area contributed by atoms with E-state index >= 15 is 0 Å². The average Bonchev–Trinajstić information content (AvgIpc) is 2.80. The SMILES string of the molecule is NC(=O)[C@]1(Cc2cccc(-c3ccncc3)c2)CN(C(=O)C2CCCCC2)CCO1. The minimum atomic E-state index is -1.19. The van der Waals surface area contributed by atoms with Crippen LogP contribution in [-0.2, 0) is 20.7 Å². The van der Waals surface area contributed by atoms with Gasteiger partial charge in [0.25, 0.3) is 5.91 Å². The number of hydrogen-bond acceptors (Lipinski definition) is 4. The van der Waals surface area contributed by atoms with Gasteiger partial charge in [-0.15, -0.1) is 0 Å². The smallest absolute Gasteiger partial charge is 0.251 e. The monoisotopic (exact) mass is 407 g/mol. The molecule has 1 saturated heterocycles. The number of carbonyl (C=O) groups excluding carboxylic acids is 2. The number of carbonyl (C=O) groups is 2. The molecule has 6 heteroatoms. The van der Waals surface area contributed by atoms with Crippen molar-refractivity contribution in [2.45, 2.75) is 44.1 Å². The van der Waals surface area contributed by atoms with E-state index < -0.39 is 11.5 Å². The predicted octanol–water partition coefficient (Wildman–Crippen LogP) is 2.95. The molecule has 6 nitrogen and oxygen atoms in total. The minimum absolute atomic E-state index is 0.0671. The summed E-state index contributed by atoms with van der Waals surface area (Å²) in [4.78, 5) is 31.5. The number of rotatable bonds is 5. The largest absolute Gasteiger partial charge is 0.367 e. The van der Waals surface area contributed by atoms with Gasteiger partial charge in [0.1, 0.15) is 0 Å². The minimum Gasteiger partial charge on any atom is -0.367 e. The molecule has 1 saturated carbocycles. The topological polar surface area (TPSA) is 85.5 Å². The van der Waals surface area contributed by atoms with Gasteiger partial charge in [-0.05, 0) is 41.7 Å². The van der Waals surface area contributed by atoms with Crippen molar-refractivity contribution in [3.8, 4) is 11.1 Å². The molecule has 158 valence electrons. The van der Waals surface area contributed by atoms with Gasteiger partial charge in [0.05, 0.1) is 13.2 Å². The highest BCUT2D eigenvalue weighted by Crippen LogP contribution is 2.30. The molecule has 2 aromatic rings. The number of morpholine rings is 1. The molecule has 2 fully saturated rings. The third-order valence-electron chi connectivity index (χ3n) is 6.33. The summed E-state index contributed by atoms with van der Waals surface area (Å²) >= 11 is 0. The van der Waals surface area contributed by atoms with Crippen LogP contribution in [0, 0.1) is 5.92 Å². The lowest BCUT2D eigenvalue weighted by atomic mass is 9.86. The molecule has 1 aromatic heterocycles. The summed E-state index contributed by atoms with van der Waals surface area (Å²) in [6, 6.07) is 11.9. The van der Waals surface area contributed by atoms with E-state index in [2.05, 4.69) is 4.98 Å². The van der Waals surface area contributed by atoms with Crippen molar-refractivity contribution in [3.63, 3.8) is 0 Å². The lowest BCUT2D eigenvalue weighted by molar-refractivity contribution is -0.165. The standard InChI is InChI=1S/C24H29N3O3/c25-23(29)24(16-18-5-4-8-21(15-18)19-9-11-26-12-10-19)17-27(13-14-30-24)22(28)20-6-2-1-3-7-20/h4-5,8-12,15,20H,1-3,6-7,13-14,16-17H2,(H2,25,29)/t24-/m0/s1. The zero-order valence-electron chi connectivity index (χ0n) is 17.3. The van der Waals surface area contributed by atoms with Crippen molar-refractivity contribution in [1.29, 1.82) is 0 Å². The van der Waals surface area contributed by atoms with Crippen LogP contribution in [0.5, 0.6) is 0 Å². The van der Waals surface area contributed by atoms with Crippen LogP contribution in [0.4, 0.5) is 0 Å². The first kappa shape index (κ1) is 20.5. The van der Waals surface area contributed by atoms with Crippen LogP contribution in [0.25, 0.3) is 11.1 Å². The van der Waals surface area contributed by atoms with Crippen molar-refractivity contribution in [1.82, 2.24) is 9.88 Å². The van der Waals surface area contributed by atoms with Gasteiger partial charge >= 0.3 is 0 Å². The summed E-state index contributed by atoms with van der Waals surface area (Å²) in [5.74, 6) is -0.301. The Balaban J connectivity index is 1.54. The summed E-state index contributed by atoms with van der Waals surface area (Å²) in [6.07, 6.45) is 9.13. The van der Waals surface area contributed by atoms with Gasteiger partial charge in [-0.2, -0.15) is 0 Å². The van der Waals surface area contributed by atoms with Crippen molar-refractivity contribution in [3.05, 3.63) is 54.4 Å². The molecule has 1 atom stereocenters. The van der Waals surface area contributed by atoms with Crippen LogP contribution < -0.4 is 5.73 Å². The highest BCUT2D eigenvalue weighted by Gasteiger charge is 2.44. The van der Waals surface area contributed by atoms with Crippen LogP contribution >= 0.6 is 0 Å². The molecule has 2 heterocycles. The molecule has 4 rings (SSSR count). The van der Waals surface area contributed by atoms with Crippen molar-refractivity contribution < 1.29 is 14.3 Å². The number of pyridine rings is 1. The number of amides is 2. The summed E-state index contributed by atoms with van der Waals surface area (Å²) < 4.78 is 5.97. The molecule has 0 unspecified atom stereocenters. The molecule has 2 aliphatic rings.